The number of nitrogens with zero attached hydrogens (tertiary/aromatic N) is 5. The summed E-state index contributed by atoms with van der Waals surface area (Å²) in [4.78, 5) is 21.2. The molecule has 1 aromatic carbocycles. The minimum absolute atomic E-state index is 0.00846. The van der Waals surface area contributed by atoms with E-state index in [9.17, 15) is 13.2 Å². The van der Waals surface area contributed by atoms with Gasteiger partial charge in [0, 0.05) is 25.8 Å². The van der Waals surface area contributed by atoms with Crippen LogP contribution in [0.3, 0.4) is 0 Å². The Labute approximate surface area is 170 Å². The predicted molar refractivity (Wildman–Crippen MR) is 111 cm³/mol. The molecule has 2 aromatic rings. The van der Waals surface area contributed by atoms with Gasteiger partial charge in [-0.3, -0.25) is 4.79 Å². The van der Waals surface area contributed by atoms with Crippen LogP contribution in [-0.4, -0.2) is 67.4 Å². The first-order chi connectivity index (χ1) is 13.9. The predicted octanol–water partition coefficient (Wildman–Crippen LogP) is 1.79. The SMILES string of the molecule is Cc1ccc(N2N=C(C(=O)N3CCCN(C)CC3)S(=O)(=O)c3cccnc32)cc1. The highest BCUT2D eigenvalue weighted by atomic mass is 32.2. The van der Waals surface area contributed by atoms with Crippen LogP contribution in [0.5, 0.6) is 0 Å². The Balaban J connectivity index is 1.79. The molecule has 1 fully saturated rings. The standard InChI is InChI=1S/C20H23N5O3S/c1-15-6-8-16(9-7-15)25-18-17(5-3-10-21-18)29(27,28)19(22-25)20(26)24-12-4-11-23(2)13-14-24/h3,5-10H,4,11-14H2,1-2H3. The number of carbonyl (C=O) groups is 1. The summed E-state index contributed by atoms with van der Waals surface area (Å²) < 4.78 is 26.4. The molecule has 0 aliphatic carbocycles. The van der Waals surface area contributed by atoms with Gasteiger partial charge in [-0.05, 0) is 51.2 Å². The van der Waals surface area contributed by atoms with Crippen LogP contribution in [-0.2, 0) is 14.6 Å². The molecule has 8 nitrogen and oxygen atoms in total. The van der Waals surface area contributed by atoms with E-state index >= 15 is 0 Å². The largest absolute Gasteiger partial charge is 0.335 e. The number of aryl methyl sites for hydroxylation is 1. The summed E-state index contributed by atoms with van der Waals surface area (Å²) in [5, 5.41) is 5.28. The zero-order valence-electron chi connectivity index (χ0n) is 16.4. The molecule has 2 aliphatic heterocycles. The van der Waals surface area contributed by atoms with Crippen molar-refractivity contribution in [3.8, 4) is 0 Å². The van der Waals surface area contributed by atoms with Gasteiger partial charge in [-0.25, -0.2) is 18.4 Å². The van der Waals surface area contributed by atoms with E-state index in [1.54, 1.807) is 11.0 Å². The number of hydrogen-bond acceptors (Lipinski definition) is 7. The lowest BCUT2D eigenvalue weighted by atomic mass is 10.2. The molecule has 0 N–H and O–H groups in total. The number of likely N-dealkylation sites (N-methyl/N-ethyl adjacent to an activating group) is 1. The highest BCUT2D eigenvalue weighted by Crippen LogP contribution is 2.35. The lowest BCUT2D eigenvalue weighted by Gasteiger charge is -2.28. The molecular weight excluding hydrogens is 390 g/mol. The Kier molecular flexibility index (Phi) is 5.10. The lowest BCUT2D eigenvalue weighted by Crippen LogP contribution is -2.44. The number of carbonyl (C=O) groups excluding carboxylic acids is 1. The molecule has 0 bridgehead atoms. The van der Waals surface area contributed by atoms with E-state index in [2.05, 4.69) is 15.0 Å². The van der Waals surface area contributed by atoms with Crippen molar-refractivity contribution in [1.29, 1.82) is 0 Å². The fourth-order valence-corrected chi connectivity index (χ4v) is 4.85. The maximum Gasteiger partial charge on any atom is 0.286 e. The molecule has 4 rings (SSSR count). The van der Waals surface area contributed by atoms with Gasteiger partial charge in [0.1, 0.15) is 4.90 Å². The molecular formula is C20H23N5O3S. The molecule has 0 spiro atoms. The number of benzene rings is 1. The van der Waals surface area contributed by atoms with Crippen LogP contribution >= 0.6 is 0 Å². The fraction of sp³-hybridized carbons (Fsp3) is 0.350. The van der Waals surface area contributed by atoms with Crippen LogP contribution in [0, 0.1) is 6.92 Å². The van der Waals surface area contributed by atoms with Gasteiger partial charge in [0.05, 0.1) is 5.69 Å². The Morgan fingerprint density at radius 2 is 1.79 bits per heavy atom. The van der Waals surface area contributed by atoms with Crippen molar-refractivity contribution in [2.75, 3.05) is 38.2 Å². The summed E-state index contributed by atoms with van der Waals surface area (Å²) in [6, 6.07) is 10.5. The van der Waals surface area contributed by atoms with Crippen LogP contribution in [0.15, 0.2) is 52.6 Å². The molecule has 29 heavy (non-hydrogen) atoms. The van der Waals surface area contributed by atoms with Crippen LogP contribution < -0.4 is 5.01 Å². The maximum atomic E-state index is 13.2. The van der Waals surface area contributed by atoms with Gasteiger partial charge >= 0.3 is 0 Å². The van der Waals surface area contributed by atoms with Gasteiger partial charge in [-0.2, -0.15) is 0 Å². The molecule has 1 aromatic heterocycles. The number of aromatic nitrogens is 1. The normalized spacial score (nSPS) is 19.3. The molecule has 0 atom stereocenters. The minimum atomic E-state index is -4.06. The van der Waals surface area contributed by atoms with Crippen LogP contribution in [0.1, 0.15) is 12.0 Å². The van der Waals surface area contributed by atoms with Crippen molar-refractivity contribution in [2.24, 2.45) is 5.10 Å². The van der Waals surface area contributed by atoms with Crippen LogP contribution in [0.25, 0.3) is 0 Å². The number of pyridine rings is 1. The molecule has 0 saturated carbocycles. The van der Waals surface area contributed by atoms with Gasteiger partial charge in [0.15, 0.2) is 5.82 Å². The molecule has 1 saturated heterocycles. The molecule has 1 amide bonds. The Hall–Kier alpha value is -2.78. The van der Waals surface area contributed by atoms with Crippen molar-refractivity contribution in [3.05, 3.63) is 48.2 Å². The van der Waals surface area contributed by atoms with E-state index in [0.29, 0.717) is 25.3 Å². The van der Waals surface area contributed by atoms with Gasteiger partial charge in [0.2, 0.25) is 14.9 Å². The maximum absolute atomic E-state index is 13.2. The van der Waals surface area contributed by atoms with Crippen LogP contribution in [0.2, 0.25) is 0 Å². The fourth-order valence-electron chi connectivity index (χ4n) is 3.46. The van der Waals surface area contributed by atoms with Crippen molar-refractivity contribution in [1.82, 2.24) is 14.8 Å². The van der Waals surface area contributed by atoms with E-state index in [1.165, 1.54) is 17.3 Å². The molecule has 0 unspecified atom stereocenters. The van der Waals surface area contributed by atoms with Crippen LogP contribution in [0.4, 0.5) is 11.5 Å². The third kappa shape index (κ3) is 3.63. The second kappa shape index (κ2) is 7.57. The summed E-state index contributed by atoms with van der Waals surface area (Å²) in [5.74, 6) is -0.365. The summed E-state index contributed by atoms with van der Waals surface area (Å²) >= 11 is 0. The highest BCUT2D eigenvalue weighted by molar-refractivity contribution is 8.08. The smallest absolute Gasteiger partial charge is 0.286 e. The van der Waals surface area contributed by atoms with E-state index in [1.807, 2.05) is 38.2 Å². The molecule has 3 heterocycles. The first kappa shape index (κ1) is 19.5. The first-order valence-electron chi connectivity index (χ1n) is 9.51. The van der Waals surface area contributed by atoms with Gasteiger partial charge < -0.3 is 9.80 Å². The number of hydrazone groups is 1. The lowest BCUT2D eigenvalue weighted by molar-refractivity contribution is -0.123. The number of fused-ring (bicyclic) bond motifs is 1. The summed E-state index contributed by atoms with van der Waals surface area (Å²) in [6.45, 7) is 4.49. The average molecular weight is 414 g/mol. The monoisotopic (exact) mass is 413 g/mol. The Bertz CT molecular complexity index is 1070. The number of amides is 1. The Morgan fingerprint density at radius 3 is 2.55 bits per heavy atom. The van der Waals surface area contributed by atoms with Crippen molar-refractivity contribution < 1.29 is 13.2 Å². The third-order valence-corrected chi connectivity index (χ3v) is 6.82. The first-order valence-corrected chi connectivity index (χ1v) is 11.0. The zero-order valence-corrected chi connectivity index (χ0v) is 17.3. The van der Waals surface area contributed by atoms with Gasteiger partial charge in [-0.15, -0.1) is 5.10 Å². The van der Waals surface area contributed by atoms with E-state index in [0.717, 1.165) is 18.5 Å². The van der Waals surface area contributed by atoms with Crippen molar-refractivity contribution in [2.45, 2.75) is 18.2 Å². The van der Waals surface area contributed by atoms with Crippen molar-refractivity contribution in [3.63, 3.8) is 0 Å². The molecule has 0 radical (unpaired) electrons. The van der Waals surface area contributed by atoms with Gasteiger partial charge in [-0.1, -0.05) is 17.7 Å². The third-order valence-electron chi connectivity index (χ3n) is 5.15. The molecule has 2 aliphatic rings. The topological polar surface area (TPSA) is 86.2 Å². The van der Waals surface area contributed by atoms with Gasteiger partial charge in [0.25, 0.3) is 5.91 Å². The molecule has 9 heteroatoms. The van der Waals surface area contributed by atoms with E-state index in [-0.39, 0.29) is 10.7 Å². The Morgan fingerprint density at radius 1 is 1.03 bits per heavy atom. The average Bonchev–Trinajstić information content (AvgIpc) is 2.93. The number of anilines is 2. The summed E-state index contributed by atoms with van der Waals surface area (Å²) in [6.07, 6.45) is 2.30. The van der Waals surface area contributed by atoms with E-state index in [4.69, 9.17) is 0 Å². The zero-order chi connectivity index (χ0) is 20.6. The minimum Gasteiger partial charge on any atom is -0.335 e. The molecule has 152 valence electrons. The van der Waals surface area contributed by atoms with E-state index < -0.39 is 20.8 Å². The highest BCUT2D eigenvalue weighted by Gasteiger charge is 2.40. The second-order valence-electron chi connectivity index (χ2n) is 7.33. The summed E-state index contributed by atoms with van der Waals surface area (Å²) in [5.41, 5.74) is 1.71. The number of rotatable bonds is 2. The summed E-state index contributed by atoms with van der Waals surface area (Å²) in [7, 11) is -2.07. The number of hydrogen-bond donors (Lipinski definition) is 0. The second-order valence-corrected chi connectivity index (χ2v) is 9.16. The quantitative estimate of drug-likeness (QED) is 0.746. The van der Waals surface area contributed by atoms with Crippen molar-refractivity contribution >= 4 is 32.3 Å². The number of sulfone groups is 1.